The van der Waals surface area contributed by atoms with Crippen molar-refractivity contribution in [3.8, 4) is 0 Å². The minimum Gasteiger partial charge on any atom is -0.465 e. The molecule has 2 aromatic carbocycles. The second kappa shape index (κ2) is 9.27. The zero-order valence-electron chi connectivity index (χ0n) is 16.3. The van der Waals surface area contributed by atoms with Gasteiger partial charge in [0, 0.05) is 11.9 Å². The van der Waals surface area contributed by atoms with Crippen LogP contribution in [0, 0.1) is 12.7 Å². The fourth-order valence-electron chi connectivity index (χ4n) is 2.65. The monoisotopic (exact) mass is 446 g/mol. The largest absolute Gasteiger partial charge is 0.465 e. The second-order valence-corrected chi connectivity index (χ2v) is 9.24. The fraction of sp³-hybridized carbons (Fsp3) is 0.143. The zero-order valence-corrected chi connectivity index (χ0v) is 17.9. The Labute approximate surface area is 178 Å². The number of anilines is 1. The molecule has 156 valence electrons. The summed E-state index contributed by atoms with van der Waals surface area (Å²) in [6, 6.07) is 13.4. The molecule has 3 aromatic rings. The first-order valence-electron chi connectivity index (χ1n) is 8.84. The lowest BCUT2D eigenvalue weighted by atomic mass is 10.1. The first-order chi connectivity index (χ1) is 14.3. The molecule has 0 radical (unpaired) electrons. The molecule has 0 amide bonds. The Morgan fingerprint density at radius 1 is 1.17 bits per heavy atom. The SMILES string of the molecule is COC(=O)c1cc(S(=O)(=O)N(SCc2ccc(F)cc2)c2cccnc2)ccc1C. The molecule has 0 saturated heterocycles. The third-order valence-corrected chi connectivity index (χ3v) is 7.56. The number of sulfonamides is 1. The van der Waals surface area contributed by atoms with Gasteiger partial charge in [-0.1, -0.05) is 18.2 Å². The number of aryl methyl sites for hydroxylation is 1. The number of ether oxygens (including phenoxy) is 1. The number of benzene rings is 2. The summed E-state index contributed by atoms with van der Waals surface area (Å²) in [5.41, 5.74) is 1.88. The molecule has 30 heavy (non-hydrogen) atoms. The average Bonchev–Trinajstić information content (AvgIpc) is 2.75. The van der Waals surface area contributed by atoms with E-state index in [1.165, 1.54) is 37.6 Å². The second-order valence-electron chi connectivity index (χ2n) is 6.31. The summed E-state index contributed by atoms with van der Waals surface area (Å²) in [6.45, 7) is 1.70. The lowest BCUT2D eigenvalue weighted by molar-refractivity contribution is 0.0599. The van der Waals surface area contributed by atoms with E-state index in [1.54, 1.807) is 43.5 Å². The number of carbonyl (C=O) groups is 1. The number of nitrogens with zero attached hydrogens (tertiary/aromatic N) is 2. The molecule has 0 bridgehead atoms. The third kappa shape index (κ3) is 4.80. The van der Waals surface area contributed by atoms with Crippen LogP contribution in [0.3, 0.4) is 0 Å². The van der Waals surface area contributed by atoms with Crippen molar-refractivity contribution in [3.05, 3.63) is 89.5 Å². The van der Waals surface area contributed by atoms with Crippen LogP contribution in [0.25, 0.3) is 0 Å². The van der Waals surface area contributed by atoms with E-state index in [1.807, 2.05) is 0 Å². The first-order valence-corrected chi connectivity index (χ1v) is 11.2. The van der Waals surface area contributed by atoms with Gasteiger partial charge >= 0.3 is 5.97 Å². The molecule has 0 aliphatic carbocycles. The maximum Gasteiger partial charge on any atom is 0.338 e. The van der Waals surface area contributed by atoms with Crippen LogP contribution in [0.1, 0.15) is 21.5 Å². The Kier molecular flexibility index (Phi) is 6.73. The third-order valence-electron chi connectivity index (χ3n) is 4.25. The molecular weight excluding hydrogens is 427 g/mol. The first kappa shape index (κ1) is 21.8. The smallest absolute Gasteiger partial charge is 0.338 e. The highest BCUT2D eigenvalue weighted by atomic mass is 32.3. The van der Waals surface area contributed by atoms with Gasteiger partial charge in [-0.3, -0.25) is 4.98 Å². The summed E-state index contributed by atoms with van der Waals surface area (Å²) in [5.74, 6) is -0.698. The van der Waals surface area contributed by atoms with Crippen molar-refractivity contribution in [1.29, 1.82) is 0 Å². The number of pyridine rings is 1. The van der Waals surface area contributed by atoms with E-state index in [0.29, 0.717) is 11.3 Å². The van der Waals surface area contributed by atoms with Crippen LogP contribution in [0.4, 0.5) is 10.1 Å². The number of carbonyl (C=O) groups excluding carboxylic acids is 1. The predicted molar refractivity (Wildman–Crippen MR) is 114 cm³/mol. The van der Waals surface area contributed by atoms with Crippen LogP contribution in [0.5, 0.6) is 0 Å². The zero-order chi connectivity index (χ0) is 21.7. The summed E-state index contributed by atoms with van der Waals surface area (Å²) >= 11 is 1.03. The van der Waals surface area contributed by atoms with E-state index in [2.05, 4.69) is 4.98 Å². The molecule has 0 N–H and O–H groups in total. The molecule has 0 saturated carbocycles. The van der Waals surface area contributed by atoms with Gasteiger partial charge in [-0.2, -0.15) is 0 Å². The van der Waals surface area contributed by atoms with Gasteiger partial charge in [0.15, 0.2) is 0 Å². The molecule has 1 heterocycles. The normalized spacial score (nSPS) is 11.2. The molecular formula is C21H19FN2O4S2. The van der Waals surface area contributed by atoms with Gasteiger partial charge in [-0.25, -0.2) is 21.3 Å². The Morgan fingerprint density at radius 3 is 2.53 bits per heavy atom. The van der Waals surface area contributed by atoms with Gasteiger partial charge in [0.05, 0.1) is 29.5 Å². The topological polar surface area (TPSA) is 76.6 Å². The number of hydrogen-bond acceptors (Lipinski definition) is 6. The van der Waals surface area contributed by atoms with Crippen molar-refractivity contribution in [2.45, 2.75) is 17.6 Å². The molecule has 0 atom stereocenters. The molecule has 0 aliphatic heterocycles. The minimum atomic E-state index is -4.04. The predicted octanol–water partition coefficient (Wildman–Crippen LogP) is 4.36. The van der Waals surface area contributed by atoms with Gasteiger partial charge in [-0.15, -0.1) is 0 Å². The number of aromatic nitrogens is 1. The lowest BCUT2D eigenvalue weighted by Gasteiger charge is -2.23. The summed E-state index contributed by atoms with van der Waals surface area (Å²) in [6.07, 6.45) is 2.98. The van der Waals surface area contributed by atoms with Crippen molar-refractivity contribution < 1.29 is 22.3 Å². The van der Waals surface area contributed by atoms with Gasteiger partial charge in [-0.05, 0) is 66.4 Å². The number of methoxy groups -OCH3 is 1. The Bertz CT molecular complexity index is 1140. The fourth-order valence-corrected chi connectivity index (χ4v) is 5.42. The van der Waals surface area contributed by atoms with Crippen molar-refractivity contribution in [2.75, 3.05) is 10.8 Å². The lowest BCUT2D eigenvalue weighted by Crippen LogP contribution is -2.25. The van der Waals surface area contributed by atoms with Crippen LogP contribution < -0.4 is 3.71 Å². The molecule has 9 heteroatoms. The molecule has 0 aliphatic rings. The molecule has 3 rings (SSSR count). The molecule has 0 unspecified atom stereocenters. The van der Waals surface area contributed by atoms with Crippen LogP contribution in [-0.4, -0.2) is 26.5 Å². The highest BCUT2D eigenvalue weighted by Crippen LogP contribution is 2.32. The Balaban J connectivity index is 2.00. The van der Waals surface area contributed by atoms with Crippen LogP contribution in [0.15, 0.2) is 71.9 Å². The highest BCUT2D eigenvalue weighted by Gasteiger charge is 2.27. The Morgan fingerprint density at radius 2 is 1.90 bits per heavy atom. The van der Waals surface area contributed by atoms with E-state index in [0.717, 1.165) is 21.2 Å². The Hall–Kier alpha value is -2.91. The summed E-state index contributed by atoms with van der Waals surface area (Å²) in [5, 5.41) is 0. The van der Waals surface area contributed by atoms with Gasteiger partial charge in [0.1, 0.15) is 5.82 Å². The number of rotatable bonds is 7. The van der Waals surface area contributed by atoms with E-state index < -0.39 is 16.0 Å². The average molecular weight is 447 g/mol. The maximum atomic E-state index is 13.4. The van der Waals surface area contributed by atoms with Crippen molar-refractivity contribution in [2.24, 2.45) is 0 Å². The van der Waals surface area contributed by atoms with Crippen molar-refractivity contribution >= 4 is 33.6 Å². The van der Waals surface area contributed by atoms with Crippen molar-refractivity contribution in [3.63, 3.8) is 0 Å². The molecule has 0 spiro atoms. The van der Waals surface area contributed by atoms with Gasteiger partial charge in [0.2, 0.25) is 0 Å². The number of hydrogen-bond donors (Lipinski definition) is 0. The molecule has 1 aromatic heterocycles. The molecule has 0 fully saturated rings. The quantitative estimate of drug-likeness (QED) is 0.397. The number of esters is 1. The molecule has 6 nitrogen and oxygen atoms in total. The van der Waals surface area contributed by atoms with Crippen molar-refractivity contribution in [1.82, 2.24) is 4.98 Å². The van der Waals surface area contributed by atoms with E-state index in [9.17, 15) is 17.6 Å². The standard InChI is InChI=1S/C21H19FN2O4S2/c1-15-5-10-19(12-20(15)21(25)28-2)30(26,27)24(18-4-3-11-23-13-18)29-14-16-6-8-17(22)9-7-16/h3-13H,14H2,1-2H3. The van der Waals surface area contributed by atoms with E-state index in [4.69, 9.17) is 4.74 Å². The summed E-state index contributed by atoms with van der Waals surface area (Å²) in [7, 11) is -2.80. The highest BCUT2D eigenvalue weighted by molar-refractivity contribution is 8.14. The van der Waals surface area contributed by atoms with E-state index in [-0.39, 0.29) is 22.0 Å². The van der Waals surface area contributed by atoms with E-state index >= 15 is 0 Å². The number of halogens is 1. The minimum absolute atomic E-state index is 0.0519. The van der Waals surface area contributed by atoms with Crippen LogP contribution in [-0.2, 0) is 20.5 Å². The summed E-state index contributed by atoms with van der Waals surface area (Å²) < 4.78 is 46.0. The maximum absolute atomic E-state index is 13.4. The van der Waals surface area contributed by atoms with Gasteiger partial charge in [0.25, 0.3) is 10.0 Å². The summed E-state index contributed by atoms with van der Waals surface area (Å²) in [4.78, 5) is 16.0. The van der Waals surface area contributed by atoms with Crippen LogP contribution >= 0.6 is 11.9 Å². The van der Waals surface area contributed by atoms with Gasteiger partial charge < -0.3 is 4.74 Å². The van der Waals surface area contributed by atoms with Crippen LogP contribution in [0.2, 0.25) is 0 Å².